The number of benzene rings is 2. The number of methoxy groups -OCH3 is 1. The van der Waals surface area contributed by atoms with Gasteiger partial charge in [-0.05, 0) is 43.3 Å². The zero-order valence-corrected chi connectivity index (χ0v) is 12.1. The number of hydrogen-bond acceptors (Lipinski definition) is 4. The molecule has 5 heteroatoms. The van der Waals surface area contributed by atoms with Crippen LogP contribution in [0.2, 0.25) is 0 Å². The standard InChI is InChI=1S/C17H13FO4/c1-10-17(22-12-5-3-11(18)4-6-12)16(19)14-8-7-13(20-2)9-15(14)21-10/h3-9H,1-2H3. The Bertz CT molecular complexity index is 882. The number of hydrogen-bond donors (Lipinski definition) is 0. The summed E-state index contributed by atoms with van der Waals surface area (Å²) in [5.74, 6) is 1.02. The molecule has 0 spiro atoms. The van der Waals surface area contributed by atoms with Gasteiger partial charge in [-0.2, -0.15) is 0 Å². The van der Waals surface area contributed by atoms with Crippen molar-refractivity contribution in [1.82, 2.24) is 0 Å². The zero-order chi connectivity index (χ0) is 15.7. The first-order valence-electron chi connectivity index (χ1n) is 6.63. The average Bonchev–Trinajstić information content (AvgIpc) is 2.52. The van der Waals surface area contributed by atoms with E-state index in [2.05, 4.69) is 0 Å². The first-order valence-corrected chi connectivity index (χ1v) is 6.63. The van der Waals surface area contributed by atoms with Gasteiger partial charge in [0.1, 0.15) is 28.7 Å². The van der Waals surface area contributed by atoms with Gasteiger partial charge < -0.3 is 13.9 Å². The highest BCUT2D eigenvalue weighted by atomic mass is 19.1. The SMILES string of the molecule is COc1ccc2c(=O)c(Oc3ccc(F)cc3)c(C)oc2c1. The van der Waals surface area contributed by atoms with Crippen molar-refractivity contribution >= 4 is 11.0 Å². The summed E-state index contributed by atoms with van der Waals surface area (Å²) in [5, 5.41) is 0.392. The second-order valence-electron chi connectivity index (χ2n) is 4.73. The molecule has 0 atom stereocenters. The van der Waals surface area contributed by atoms with Crippen LogP contribution >= 0.6 is 0 Å². The Morgan fingerprint density at radius 2 is 1.73 bits per heavy atom. The Kier molecular flexibility index (Phi) is 3.55. The van der Waals surface area contributed by atoms with E-state index in [4.69, 9.17) is 13.9 Å². The maximum absolute atomic E-state index is 12.9. The third-order valence-electron chi connectivity index (χ3n) is 3.26. The summed E-state index contributed by atoms with van der Waals surface area (Å²) in [5.41, 5.74) is 0.138. The number of ether oxygens (including phenoxy) is 2. The van der Waals surface area contributed by atoms with Gasteiger partial charge in [0.2, 0.25) is 11.2 Å². The fraction of sp³-hybridized carbons (Fsp3) is 0.118. The molecule has 112 valence electrons. The van der Waals surface area contributed by atoms with E-state index in [0.29, 0.717) is 28.2 Å². The van der Waals surface area contributed by atoms with Crippen LogP contribution in [0.5, 0.6) is 17.2 Å². The Hall–Kier alpha value is -2.82. The van der Waals surface area contributed by atoms with Gasteiger partial charge in [0.25, 0.3) is 0 Å². The maximum Gasteiger partial charge on any atom is 0.235 e. The van der Waals surface area contributed by atoms with Crippen LogP contribution in [0.15, 0.2) is 51.7 Å². The minimum Gasteiger partial charge on any atom is -0.497 e. The lowest BCUT2D eigenvalue weighted by Gasteiger charge is -2.09. The number of rotatable bonds is 3. The molecule has 1 heterocycles. The van der Waals surface area contributed by atoms with Crippen molar-refractivity contribution in [3.63, 3.8) is 0 Å². The molecule has 0 saturated heterocycles. The van der Waals surface area contributed by atoms with Crippen molar-refractivity contribution in [2.75, 3.05) is 7.11 Å². The van der Waals surface area contributed by atoms with Gasteiger partial charge in [-0.25, -0.2) is 4.39 Å². The van der Waals surface area contributed by atoms with Gasteiger partial charge in [0.05, 0.1) is 12.5 Å². The van der Waals surface area contributed by atoms with E-state index < -0.39 is 0 Å². The van der Waals surface area contributed by atoms with E-state index in [0.717, 1.165) is 0 Å². The smallest absolute Gasteiger partial charge is 0.235 e. The maximum atomic E-state index is 12.9. The third-order valence-corrected chi connectivity index (χ3v) is 3.26. The van der Waals surface area contributed by atoms with Crippen molar-refractivity contribution in [3.8, 4) is 17.2 Å². The molecular weight excluding hydrogens is 287 g/mol. The normalized spacial score (nSPS) is 10.7. The molecule has 2 aromatic carbocycles. The van der Waals surface area contributed by atoms with Crippen molar-refractivity contribution in [2.24, 2.45) is 0 Å². The lowest BCUT2D eigenvalue weighted by Crippen LogP contribution is -2.07. The minimum absolute atomic E-state index is 0.0873. The zero-order valence-electron chi connectivity index (χ0n) is 12.1. The number of aryl methyl sites for hydroxylation is 1. The van der Waals surface area contributed by atoms with E-state index in [1.54, 1.807) is 25.1 Å². The van der Waals surface area contributed by atoms with Crippen LogP contribution in [0.3, 0.4) is 0 Å². The van der Waals surface area contributed by atoms with E-state index in [-0.39, 0.29) is 17.0 Å². The van der Waals surface area contributed by atoms with Gasteiger partial charge >= 0.3 is 0 Å². The van der Waals surface area contributed by atoms with Crippen molar-refractivity contribution in [1.29, 1.82) is 0 Å². The summed E-state index contributed by atoms with van der Waals surface area (Å²) >= 11 is 0. The van der Waals surface area contributed by atoms with Crippen LogP contribution in [0.25, 0.3) is 11.0 Å². The molecule has 0 amide bonds. The Morgan fingerprint density at radius 1 is 1.05 bits per heavy atom. The topological polar surface area (TPSA) is 48.7 Å². The molecule has 4 nitrogen and oxygen atoms in total. The molecule has 0 saturated carbocycles. The second-order valence-corrected chi connectivity index (χ2v) is 4.73. The summed E-state index contributed by atoms with van der Waals surface area (Å²) in [4.78, 5) is 12.5. The number of fused-ring (bicyclic) bond motifs is 1. The predicted octanol–water partition coefficient (Wildman–Crippen LogP) is 4.04. The average molecular weight is 300 g/mol. The highest BCUT2D eigenvalue weighted by molar-refractivity contribution is 5.79. The molecule has 0 N–H and O–H groups in total. The molecule has 0 aliphatic carbocycles. The van der Waals surface area contributed by atoms with Gasteiger partial charge in [-0.1, -0.05) is 0 Å². The van der Waals surface area contributed by atoms with Gasteiger partial charge in [0, 0.05) is 6.07 Å². The molecule has 0 bridgehead atoms. The van der Waals surface area contributed by atoms with E-state index >= 15 is 0 Å². The van der Waals surface area contributed by atoms with Crippen molar-refractivity contribution in [2.45, 2.75) is 6.92 Å². The van der Waals surface area contributed by atoms with Crippen LogP contribution in [-0.2, 0) is 0 Å². The molecule has 22 heavy (non-hydrogen) atoms. The molecule has 0 radical (unpaired) electrons. The predicted molar refractivity (Wildman–Crippen MR) is 80.2 cm³/mol. The lowest BCUT2D eigenvalue weighted by molar-refractivity contribution is 0.412. The number of halogens is 1. The summed E-state index contributed by atoms with van der Waals surface area (Å²) in [7, 11) is 1.54. The van der Waals surface area contributed by atoms with Crippen LogP contribution < -0.4 is 14.9 Å². The summed E-state index contributed by atoms with van der Waals surface area (Å²) in [6, 6.07) is 10.4. The minimum atomic E-state index is -0.373. The van der Waals surface area contributed by atoms with E-state index in [1.165, 1.54) is 31.4 Å². The molecule has 0 fully saturated rings. The Labute approximate surface area is 125 Å². The lowest BCUT2D eigenvalue weighted by atomic mass is 10.2. The van der Waals surface area contributed by atoms with E-state index in [9.17, 15) is 9.18 Å². The van der Waals surface area contributed by atoms with Crippen LogP contribution in [-0.4, -0.2) is 7.11 Å². The highest BCUT2D eigenvalue weighted by Crippen LogP contribution is 2.27. The molecule has 0 aliphatic rings. The van der Waals surface area contributed by atoms with Crippen LogP contribution in [0.1, 0.15) is 5.76 Å². The van der Waals surface area contributed by atoms with Gasteiger partial charge in [-0.15, -0.1) is 0 Å². The highest BCUT2D eigenvalue weighted by Gasteiger charge is 2.14. The van der Waals surface area contributed by atoms with Crippen LogP contribution in [0.4, 0.5) is 4.39 Å². The van der Waals surface area contributed by atoms with Crippen molar-refractivity contribution in [3.05, 3.63) is 64.3 Å². The summed E-state index contributed by atoms with van der Waals surface area (Å²) < 4.78 is 29.2. The summed E-state index contributed by atoms with van der Waals surface area (Å²) in [6.07, 6.45) is 0. The quantitative estimate of drug-likeness (QED) is 0.732. The molecule has 3 rings (SSSR count). The summed E-state index contributed by atoms with van der Waals surface area (Å²) in [6.45, 7) is 1.64. The first kappa shape index (κ1) is 14.1. The monoisotopic (exact) mass is 300 g/mol. The molecule has 1 aromatic heterocycles. The third kappa shape index (κ3) is 2.53. The second kappa shape index (κ2) is 5.52. The van der Waals surface area contributed by atoms with Gasteiger partial charge in [0.15, 0.2) is 0 Å². The first-order chi connectivity index (χ1) is 10.6. The van der Waals surface area contributed by atoms with Gasteiger partial charge in [-0.3, -0.25) is 4.79 Å². The Balaban J connectivity index is 2.10. The Morgan fingerprint density at radius 3 is 2.41 bits per heavy atom. The molecular formula is C17H13FO4. The molecule has 0 aliphatic heterocycles. The largest absolute Gasteiger partial charge is 0.497 e. The molecule has 3 aromatic rings. The molecule has 0 unspecified atom stereocenters. The fourth-order valence-electron chi connectivity index (χ4n) is 2.13. The van der Waals surface area contributed by atoms with E-state index in [1.807, 2.05) is 0 Å². The van der Waals surface area contributed by atoms with Crippen LogP contribution in [0, 0.1) is 12.7 Å². The van der Waals surface area contributed by atoms with Crippen molar-refractivity contribution < 1.29 is 18.3 Å². The fourth-order valence-corrected chi connectivity index (χ4v) is 2.13.